The lowest BCUT2D eigenvalue weighted by Crippen LogP contribution is -2.29. The lowest BCUT2D eigenvalue weighted by molar-refractivity contribution is 0.217. The predicted octanol–water partition coefficient (Wildman–Crippen LogP) is 2.66. The van der Waals surface area contributed by atoms with Crippen molar-refractivity contribution in [3.63, 3.8) is 0 Å². The van der Waals surface area contributed by atoms with E-state index in [1.807, 2.05) is 13.1 Å². The maximum Gasteiger partial charge on any atom is 0.121 e. The molecule has 0 aliphatic carbocycles. The highest BCUT2D eigenvalue weighted by molar-refractivity contribution is 5.51. The molecule has 1 aliphatic heterocycles. The van der Waals surface area contributed by atoms with Crippen LogP contribution in [0.25, 0.3) is 0 Å². The van der Waals surface area contributed by atoms with Gasteiger partial charge in [-0.1, -0.05) is 13.0 Å². The van der Waals surface area contributed by atoms with E-state index in [0.717, 1.165) is 25.3 Å². The molecule has 0 spiro atoms. The quantitative estimate of drug-likeness (QED) is 0.867. The van der Waals surface area contributed by atoms with Crippen molar-refractivity contribution < 1.29 is 4.74 Å². The van der Waals surface area contributed by atoms with Crippen molar-refractivity contribution in [2.75, 3.05) is 25.0 Å². The third kappa shape index (κ3) is 3.16. The molecule has 1 N–H and O–H groups in total. The first-order valence-electron chi connectivity index (χ1n) is 6.92. The summed E-state index contributed by atoms with van der Waals surface area (Å²) >= 11 is 0. The average Bonchev–Trinajstić information content (AvgIpc) is 2.87. The summed E-state index contributed by atoms with van der Waals surface area (Å²) in [5, 5.41) is 3.35. The van der Waals surface area contributed by atoms with Crippen LogP contribution in [0.4, 0.5) is 5.69 Å². The smallest absolute Gasteiger partial charge is 0.121 e. The van der Waals surface area contributed by atoms with E-state index in [2.05, 4.69) is 42.3 Å². The van der Waals surface area contributed by atoms with Gasteiger partial charge in [0.25, 0.3) is 0 Å². The molecule has 2 unspecified atom stereocenters. The summed E-state index contributed by atoms with van der Waals surface area (Å²) < 4.78 is 5.87. The third-order valence-electron chi connectivity index (χ3n) is 3.69. The molecule has 1 heterocycles. The van der Waals surface area contributed by atoms with Crippen LogP contribution in [0, 0.1) is 0 Å². The first kappa shape index (κ1) is 13.2. The standard InChI is InChI=1S/C15H24N2O/c1-4-12(2)18-15-7-5-6-14(10-15)17-9-8-13(11-17)16-3/h5-7,10,12-13,16H,4,8-9,11H2,1-3H3. The normalized spacial score (nSPS) is 21.1. The highest BCUT2D eigenvalue weighted by atomic mass is 16.5. The molecular weight excluding hydrogens is 224 g/mol. The zero-order valence-corrected chi connectivity index (χ0v) is 11.6. The van der Waals surface area contributed by atoms with Gasteiger partial charge in [-0.25, -0.2) is 0 Å². The second-order valence-electron chi connectivity index (χ2n) is 5.05. The van der Waals surface area contributed by atoms with E-state index in [1.165, 1.54) is 12.1 Å². The highest BCUT2D eigenvalue weighted by Crippen LogP contribution is 2.25. The van der Waals surface area contributed by atoms with Crippen LogP contribution < -0.4 is 15.0 Å². The van der Waals surface area contributed by atoms with Crippen molar-refractivity contribution in [3.05, 3.63) is 24.3 Å². The molecule has 3 heteroatoms. The summed E-state index contributed by atoms with van der Waals surface area (Å²) in [5.41, 5.74) is 1.27. The molecular formula is C15H24N2O. The number of ether oxygens (including phenoxy) is 1. The van der Waals surface area contributed by atoms with E-state index >= 15 is 0 Å². The Morgan fingerprint density at radius 1 is 1.50 bits per heavy atom. The van der Waals surface area contributed by atoms with Gasteiger partial charge in [0.2, 0.25) is 0 Å². The Hall–Kier alpha value is -1.22. The zero-order valence-electron chi connectivity index (χ0n) is 11.6. The molecule has 18 heavy (non-hydrogen) atoms. The number of rotatable bonds is 5. The minimum atomic E-state index is 0.281. The number of hydrogen-bond donors (Lipinski definition) is 1. The van der Waals surface area contributed by atoms with Gasteiger partial charge in [-0.05, 0) is 38.9 Å². The predicted molar refractivity (Wildman–Crippen MR) is 76.5 cm³/mol. The van der Waals surface area contributed by atoms with Gasteiger partial charge in [0.1, 0.15) is 5.75 Å². The van der Waals surface area contributed by atoms with Gasteiger partial charge in [0, 0.05) is 30.9 Å². The molecule has 0 bridgehead atoms. The summed E-state index contributed by atoms with van der Waals surface area (Å²) in [6.45, 7) is 6.47. The largest absolute Gasteiger partial charge is 0.491 e. The molecule has 100 valence electrons. The van der Waals surface area contributed by atoms with Crippen LogP contribution in [0.2, 0.25) is 0 Å². The van der Waals surface area contributed by atoms with Crippen molar-refractivity contribution >= 4 is 5.69 Å². The summed E-state index contributed by atoms with van der Waals surface area (Å²) in [6.07, 6.45) is 2.53. The van der Waals surface area contributed by atoms with E-state index < -0.39 is 0 Å². The minimum absolute atomic E-state index is 0.281. The number of nitrogens with zero attached hydrogens (tertiary/aromatic N) is 1. The van der Waals surface area contributed by atoms with Crippen LogP contribution in [0.5, 0.6) is 5.75 Å². The van der Waals surface area contributed by atoms with Crippen LogP contribution in [0.1, 0.15) is 26.7 Å². The molecule has 2 atom stereocenters. The first-order valence-corrected chi connectivity index (χ1v) is 6.92. The Morgan fingerprint density at radius 3 is 3.00 bits per heavy atom. The van der Waals surface area contributed by atoms with Gasteiger partial charge in [-0.3, -0.25) is 0 Å². The topological polar surface area (TPSA) is 24.5 Å². The summed E-state index contributed by atoms with van der Waals surface area (Å²) in [4.78, 5) is 2.42. The Labute approximate surface area is 110 Å². The van der Waals surface area contributed by atoms with Crippen molar-refractivity contribution in [1.82, 2.24) is 5.32 Å². The van der Waals surface area contributed by atoms with E-state index in [0.29, 0.717) is 6.04 Å². The SMILES string of the molecule is CCC(C)Oc1cccc(N2CCC(NC)C2)c1. The molecule has 1 aliphatic rings. The van der Waals surface area contributed by atoms with Crippen molar-refractivity contribution in [3.8, 4) is 5.75 Å². The minimum Gasteiger partial charge on any atom is -0.491 e. The monoisotopic (exact) mass is 248 g/mol. The fraction of sp³-hybridized carbons (Fsp3) is 0.600. The van der Waals surface area contributed by atoms with Gasteiger partial charge in [0.15, 0.2) is 0 Å². The van der Waals surface area contributed by atoms with Gasteiger partial charge >= 0.3 is 0 Å². The Kier molecular flexibility index (Phi) is 4.48. The zero-order chi connectivity index (χ0) is 13.0. The van der Waals surface area contributed by atoms with Crippen molar-refractivity contribution in [1.29, 1.82) is 0 Å². The van der Waals surface area contributed by atoms with E-state index in [4.69, 9.17) is 4.74 Å². The van der Waals surface area contributed by atoms with Crippen molar-refractivity contribution in [2.45, 2.75) is 38.8 Å². The fourth-order valence-corrected chi connectivity index (χ4v) is 2.30. The molecule has 3 nitrogen and oxygen atoms in total. The number of anilines is 1. The fourth-order valence-electron chi connectivity index (χ4n) is 2.30. The van der Waals surface area contributed by atoms with Crippen LogP contribution in [-0.2, 0) is 0 Å². The van der Waals surface area contributed by atoms with Gasteiger partial charge < -0.3 is 15.0 Å². The van der Waals surface area contributed by atoms with Gasteiger partial charge in [-0.2, -0.15) is 0 Å². The van der Waals surface area contributed by atoms with E-state index in [1.54, 1.807) is 0 Å². The number of nitrogens with one attached hydrogen (secondary N) is 1. The molecule has 0 saturated carbocycles. The van der Waals surface area contributed by atoms with Gasteiger partial charge in [0.05, 0.1) is 6.10 Å². The van der Waals surface area contributed by atoms with E-state index in [9.17, 15) is 0 Å². The maximum atomic E-state index is 5.87. The Bertz CT molecular complexity index is 381. The molecule has 0 amide bonds. The molecule has 1 fully saturated rings. The lowest BCUT2D eigenvalue weighted by Gasteiger charge is -2.20. The third-order valence-corrected chi connectivity index (χ3v) is 3.69. The molecule has 1 aromatic rings. The molecule has 0 aromatic heterocycles. The van der Waals surface area contributed by atoms with Gasteiger partial charge in [-0.15, -0.1) is 0 Å². The van der Waals surface area contributed by atoms with Crippen molar-refractivity contribution in [2.24, 2.45) is 0 Å². The number of hydrogen-bond acceptors (Lipinski definition) is 3. The Balaban J connectivity index is 2.03. The second-order valence-corrected chi connectivity index (χ2v) is 5.05. The van der Waals surface area contributed by atoms with E-state index in [-0.39, 0.29) is 6.10 Å². The van der Waals surface area contributed by atoms with Crippen LogP contribution in [0.3, 0.4) is 0 Å². The Morgan fingerprint density at radius 2 is 2.33 bits per heavy atom. The molecule has 2 rings (SSSR count). The van der Waals surface area contributed by atoms with Crippen LogP contribution in [-0.4, -0.2) is 32.3 Å². The molecule has 1 saturated heterocycles. The van der Waals surface area contributed by atoms with Crippen LogP contribution in [0.15, 0.2) is 24.3 Å². The molecule has 0 radical (unpaired) electrons. The average molecular weight is 248 g/mol. The maximum absolute atomic E-state index is 5.87. The lowest BCUT2D eigenvalue weighted by atomic mass is 10.2. The van der Waals surface area contributed by atoms with Crippen LogP contribution >= 0.6 is 0 Å². The second kappa shape index (κ2) is 6.10. The molecule has 1 aromatic carbocycles. The number of benzene rings is 1. The summed E-state index contributed by atoms with van der Waals surface area (Å²) in [7, 11) is 2.04. The summed E-state index contributed by atoms with van der Waals surface area (Å²) in [5.74, 6) is 0.981. The first-order chi connectivity index (χ1) is 8.72. The summed E-state index contributed by atoms with van der Waals surface area (Å²) in [6, 6.07) is 9.07. The number of likely N-dealkylation sites (N-methyl/N-ethyl adjacent to an activating group) is 1. The highest BCUT2D eigenvalue weighted by Gasteiger charge is 2.21.